The molecule has 0 radical (unpaired) electrons. The topological polar surface area (TPSA) is 132 Å². The van der Waals surface area contributed by atoms with Gasteiger partial charge in [-0.1, -0.05) is 0 Å². The van der Waals surface area contributed by atoms with Gasteiger partial charge < -0.3 is 24.3 Å². The number of benzene rings is 1. The highest BCUT2D eigenvalue weighted by Crippen LogP contribution is 2.43. The average molecular weight is 466 g/mol. The molecule has 32 heavy (non-hydrogen) atoms. The summed E-state index contributed by atoms with van der Waals surface area (Å²) in [6, 6.07) is 0.872. The fourth-order valence-electron chi connectivity index (χ4n) is 4.43. The summed E-state index contributed by atoms with van der Waals surface area (Å²) in [5, 5.41) is 13.0. The minimum absolute atomic E-state index is 0.153. The normalized spacial score (nSPS) is 23.4. The molecule has 0 unspecified atom stereocenters. The van der Waals surface area contributed by atoms with Crippen molar-refractivity contribution in [3.63, 3.8) is 0 Å². The molecule has 2 atom stereocenters. The molecule has 2 aliphatic rings. The molecule has 1 saturated heterocycles. The second-order valence-corrected chi connectivity index (χ2v) is 11.3. The molecule has 4 rings (SSSR count). The number of aliphatic hydroxyl groups is 1. The third kappa shape index (κ3) is 4.09. The van der Waals surface area contributed by atoms with E-state index in [1.807, 2.05) is 13.8 Å². The van der Waals surface area contributed by atoms with Crippen LogP contribution in [0.2, 0.25) is 0 Å². The third-order valence-corrected chi connectivity index (χ3v) is 7.88. The largest absolute Gasteiger partial charge is 0.496 e. The minimum Gasteiger partial charge on any atom is -0.496 e. The summed E-state index contributed by atoms with van der Waals surface area (Å²) in [5.74, 6) is -0.215. The highest BCUT2D eigenvalue weighted by molar-refractivity contribution is 7.91. The van der Waals surface area contributed by atoms with Crippen molar-refractivity contribution in [3.8, 4) is 11.5 Å². The molecule has 10 heteroatoms. The number of sulfone groups is 1. The highest BCUT2D eigenvalue weighted by Gasteiger charge is 2.37. The highest BCUT2D eigenvalue weighted by atomic mass is 32.2. The zero-order chi connectivity index (χ0) is 23.4. The van der Waals surface area contributed by atoms with Gasteiger partial charge in [-0.15, -0.1) is 0 Å². The summed E-state index contributed by atoms with van der Waals surface area (Å²) in [6.45, 7) is 5.70. The van der Waals surface area contributed by atoms with Gasteiger partial charge in [0.25, 0.3) is 0 Å². The number of methoxy groups -OCH3 is 1. The maximum atomic E-state index is 12.8. The predicted octanol–water partition coefficient (Wildman–Crippen LogP) is 1.03. The van der Waals surface area contributed by atoms with Gasteiger partial charge in [0.2, 0.25) is 5.91 Å². The predicted molar refractivity (Wildman–Crippen MR) is 117 cm³/mol. The molecule has 0 spiro atoms. The fourth-order valence-corrected chi connectivity index (χ4v) is 6.17. The number of hydrogen-bond donors (Lipinski definition) is 2. The van der Waals surface area contributed by atoms with Gasteiger partial charge in [0.15, 0.2) is 9.84 Å². The number of carbonyl (C=O) groups excluding carboxylic acids is 1. The Morgan fingerprint density at radius 2 is 2.06 bits per heavy atom. The first-order valence-corrected chi connectivity index (χ1v) is 12.3. The van der Waals surface area contributed by atoms with Crippen LogP contribution < -0.4 is 20.4 Å². The number of fused-ring (bicyclic) bond motifs is 3. The van der Waals surface area contributed by atoms with E-state index in [2.05, 4.69) is 5.32 Å². The fraction of sp³-hybridized carbons (Fsp3) is 0.545. The summed E-state index contributed by atoms with van der Waals surface area (Å²) >= 11 is 0. The van der Waals surface area contributed by atoms with E-state index < -0.39 is 39.3 Å². The maximum absolute atomic E-state index is 12.8. The Morgan fingerprint density at radius 3 is 2.69 bits per heavy atom. The van der Waals surface area contributed by atoms with Crippen LogP contribution in [0.3, 0.4) is 0 Å². The monoisotopic (exact) mass is 465 g/mol. The molecule has 0 bridgehead atoms. The Hall–Kier alpha value is -2.59. The Bertz CT molecular complexity index is 1260. The number of hydrogen-bond acceptors (Lipinski definition) is 8. The molecule has 1 amide bonds. The van der Waals surface area contributed by atoms with E-state index in [-0.39, 0.29) is 23.3 Å². The molecule has 2 N–H and O–H groups in total. The number of ether oxygens (including phenoxy) is 2. The Morgan fingerprint density at radius 1 is 1.34 bits per heavy atom. The lowest BCUT2D eigenvalue weighted by atomic mass is 9.91. The minimum atomic E-state index is -3.41. The number of carbonyl (C=O) groups is 1. The van der Waals surface area contributed by atoms with Crippen LogP contribution in [0.15, 0.2) is 15.3 Å². The number of nitrogens with one attached hydrogen (secondary N) is 1. The smallest absolute Gasteiger partial charge is 0.340 e. The van der Waals surface area contributed by atoms with E-state index in [0.29, 0.717) is 34.5 Å². The van der Waals surface area contributed by atoms with E-state index in [0.717, 1.165) is 12.0 Å². The molecule has 3 heterocycles. The molecule has 1 aromatic heterocycles. The zero-order valence-electron chi connectivity index (χ0n) is 18.5. The van der Waals surface area contributed by atoms with Crippen LogP contribution in [0.4, 0.5) is 0 Å². The standard InChI is InChI=1S/C22H27NO8S/c1-11-13(7-18(25)23-14-9-32(27,28)10-15(14)24)21(26)30-20-12-5-6-22(2,3)31-16(12)8-17(29-4)19(11)20/h8,14-15,24H,5-7,9-10H2,1-4H3,(H,23,25)/t14-,15+/m0/s1. The van der Waals surface area contributed by atoms with Crippen molar-refractivity contribution in [2.45, 2.75) is 57.8 Å². The van der Waals surface area contributed by atoms with Gasteiger partial charge in [-0.2, -0.15) is 0 Å². The van der Waals surface area contributed by atoms with Crippen LogP contribution in [-0.2, 0) is 27.5 Å². The van der Waals surface area contributed by atoms with E-state index in [9.17, 15) is 23.1 Å². The maximum Gasteiger partial charge on any atom is 0.340 e. The first-order chi connectivity index (χ1) is 14.9. The lowest BCUT2D eigenvalue weighted by molar-refractivity contribution is -0.121. The van der Waals surface area contributed by atoms with Crippen LogP contribution in [0.1, 0.15) is 37.0 Å². The van der Waals surface area contributed by atoms with Crippen molar-refractivity contribution in [3.05, 3.63) is 33.2 Å². The van der Waals surface area contributed by atoms with E-state index in [4.69, 9.17) is 13.9 Å². The molecular formula is C22H27NO8S. The Labute approximate surface area is 185 Å². The van der Waals surface area contributed by atoms with Crippen molar-refractivity contribution >= 4 is 26.7 Å². The molecule has 0 saturated carbocycles. The molecular weight excluding hydrogens is 438 g/mol. The molecule has 0 aliphatic carbocycles. The van der Waals surface area contributed by atoms with Gasteiger partial charge in [-0.05, 0) is 39.2 Å². The zero-order valence-corrected chi connectivity index (χ0v) is 19.3. The lowest BCUT2D eigenvalue weighted by Crippen LogP contribution is -2.43. The van der Waals surface area contributed by atoms with E-state index in [1.165, 1.54) is 7.11 Å². The number of aryl methyl sites for hydroxylation is 2. The molecule has 174 valence electrons. The van der Waals surface area contributed by atoms with Gasteiger partial charge in [-0.3, -0.25) is 4.79 Å². The van der Waals surface area contributed by atoms with Crippen LogP contribution in [0, 0.1) is 6.92 Å². The molecule has 1 aromatic carbocycles. The van der Waals surface area contributed by atoms with Gasteiger partial charge in [-0.25, -0.2) is 13.2 Å². The Kier molecular flexibility index (Phi) is 5.49. The summed E-state index contributed by atoms with van der Waals surface area (Å²) in [6.07, 6.45) is -0.0640. The van der Waals surface area contributed by atoms with Crippen LogP contribution in [0.25, 0.3) is 11.0 Å². The van der Waals surface area contributed by atoms with Gasteiger partial charge in [0.1, 0.15) is 22.7 Å². The average Bonchev–Trinajstić information content (AvgIpc) is 2.94. The van der Waals surface area contributed by atoms with Crippen molar-refractivity contribution in [1.82, 2.24) is 5.32 Å². The molecule has 1 fully saturated rings. The molecule has 2 aromatic rings. The number of rotatable bonds is 4. The molecule has 9 nitrogen and oxygen atoms in total. The van der Waals surface area contributed by atoms with Crippen molar-refractivity contribution in [2.24, 2.45) is 0 Å². The first kappa shape index (κ1) is 22.6. The van der Waals surface area contributed by atoms with Crippen molar-refractivity contribution in [2.75, 3.05) is 18.6 Å². The SMILES string of the molecule is COc1cc2c(c3oc(=O)c(CC(=O)N[C@H]4CS(=O)(=O)C[C@H]4O)c(C)c13)CCC(C)(C)O2. The molecule has 2 aliphatic heterocycles. The van der Waals surface area contributed by atoms with Crippen molar-refractivity contribution in [1.29, 1.82) is 0 Å². The number of amides is 1. The van der Waals surface area contributed by atoms with Gasteiger partial charge in [0, 0.05) is 11.6 Å². The second kappa shape index (κ2) is 7.77. The third-order valence-electron chi connectivity index (χ3n) is 6.17. The van der Waals surface area contributed by atoms with Gasteiger partial charge in [0.05, 0.1) is 48.1 Å². The van der Waals surface area contributed by atoms with Crippen LogP contribution in [-0.4, -0.2) is 55.8 Å². The summed E-state index contributed by atoms with van der Waals surface area (Å²) in [7, 11) is -1.90. The summed E-state index contributed by atoms with van der Waals surface area (Å²) in [4.78, 5) is 25.4. The van der Waals surface area contributed by atoms with Gasteiger partial charge >= 0.3 is 5.63 Å². The van der Waals surface area contributed by atoms with E-state index >= 15 is 0 Å². The summed E-state index contributed by atoms with van der Waals surface area (Å²) in [5.41, 5.74) is 0.882. The first-order valence-electron chi connectivity index (χ1n) is 10.4. The Balaban J connectivity index is 1.71. The van der Waals surface area contributed by atoms with Crippen LogP contribution >= 0.6 is 0 Å². The van der Waals surface area contributed by atoms with E-state index in [1.54, 1.807) is 13.0 Å². The van der Waals surface area contributed by atoms with Crippen LogP contribution in [0.5, 0.6) is 11.5 Å². The quantitative estimate of drug-likeness (QED) is 0.640. The van der Waals surface area contributed by atoms with Crippen molar-refractivity contribution < 1.29 is 32.2 Å². The second-order valence-electron chi connectivity index (χ2n) is 9.11. The summed E-state index contributed by atoms with van der Waals surface area (Å²) < 4.78 is 40.6. The number of aliphatic hydroxyl groups excluding tert-OH is 1. The lowest BCUT2D eigenvalue weighted by Gasteiger charge is -2.33.